The highest BCUT2D eigenvalue weighted by Gasteiger charge is 2.15. The average Bonchev–Trinajstić information content (AvgIpc) is 2.61. The first-order chi connectivity index (χ1) is 12.5. The maximum atomic E-state index is 12.3. The van der Waals surface area contributed by atoms with Gasteiger partial charge in [0.2, 0.25) is 5.91 Å². The number of nitrogens with one attached hydrogen (secondary N) is 1. The van der Waals surface area contributed by atoms with Gasteiger partial charge in [-0.15, -0.1) is 24.0 Å². The fourth-order valence-electron chi connectivity index (χ4n) is 2.72. The lowest BCUT2D eigenvalue weighted by Gasteiger charge is -2.25. The van der Waals surface area contributed by atoms with E-state index in [0.29, 0.717) is 19.7 Å². The molecule has 0 aromatic heterocycles. The molecule has 1 amide bonds. The Balaban J connectivity index is 0.00000676. The molecule has 0 radical (unpaired) electrons. The summed E-state index contributed by atoms with van der Waals surface area (Å²) in [6.07, 6.45) is 0. The van der Waals surface area contributed by atoms with Gasteiger partial charge in [-0.25, -0.2) is 4.99 Å². The second-order valence-corrected chi connectivity index (χ2v) is 6.13. The van der Waals surface area contributed by atoms with Gasteiger partial charge in [0, 0.05) is 26.7 Å². The lowest BCUT2D eigenvalue weighted by molar-refractivity contribution is -0.131. The Hall–Kier alpha value is -1.51. The van der Waals surface area contributed by atoms with Gasteiger partial charge in [-0.05, 0) is 51.8 Å². The molecule has 0 aliphatic heterocycles. The largest absolute Gasteiger partial charge is 0.494 e. The summed E-state index contributed by atoms with van der Waals surface area (Å²) in [7, 11) is 1.90. The Bertz CT molecular complexity index is 604. The summed E-state index contributed by atoms with van der Waals surface area (Å²) in [5.41, 5.74) is 2.22. The molecular formula is C20H35IN4O2. The standard InChI is InChI=1S/C20H34N4O2.HI/c1-7-21-20(23(6)15-19(25)24(8-2)9-3)22-14-17-11-12-18(26-10-4)16(5)13-17;/h11-13H,7-10,14-15H2,1-6H3,(H,21,22);1H. The van der Waals surface area contributed by atoms with Crippen molar-refractivity contribution < 1.29 is 9.53 Å². The van der Waals surface area contributed by atoms with E-state index in [0.717, 1.165) is 42.5 Å². The monoisotopic (exact) mass is 490 g/mol. The topological polar surface area (TPSA) is 57.2 Å². The molecule has 0 fully saturated rings. The molecule has 0 spiro atoms. The van der Waals surface area contributed by atoms with Gasteiger partial charge in [-0.1, -0.05) is 12.1 Å². The van der Waals surface area contributed by atoms with E-state index in [4.69, 9.17) is 4.74 Å². The first-order valence-corrected chi connectivity index (χ1v) is 9.46. The number of ether oxygens (including phenoxy) is 1. The van der Waals surface area contributed by atoms with Crippen molar-refractivity contribution in [1.82, 2.24) is 15.1 Å². The molecular weight excluding hydrogens is 455 g/mol. The number of hydrogen-bond donors (Lipinski definition) is 1. The van der Waals surface area contributed by atoms with Crippen molar-refractivity contribution in [3.05, 3.63) is 29.3 Å². The van der Waals surface area contributed by atoms with Gasteiger partial charge in [0.25, 0.3) is 0 Å². The normalized spacial score (nSPS) is 10.8. The smallest absolute Gasteiger partial charge is 0.242 e. The second-order valence-electron chi connectivity index (χ2n) is 6.13. The van der Waals surface area contributed by atoms with Crippen LogP contribution in [0.1, 0.15) is 38.8 Å². The fourth-order valence-corrected chi connectivity index (χ4v) is 2.72. The minimum atomic E-state index is 0. The third kappa shape index (κ3) is 8.36. The molecule has 0 bridgehead atoms. The number of rotatable bonds is 9. The van der Waals surface area contributed by atoms with Crippen LogP contribution in [0, 0.1) is 6.92 Å². The lowest BCUT2D eigenvalue weighted by atomic mass is 10.1. The summed E-state index contributed by atoms with van der Waals surface area (Å²) >= 11 is 0. The molecule has 0 saturated carbocycles. The molecule has 0 atom stereocenters. The number of aliphatic imine (C=N–C) groups is 1. The van der Waals surface area contributed by atoms with Crippen LogP contribution in [-0.2, 0) is 11.3 Å². The molecule has 0 aliphatic rings. The zero-order chi connectivity index (χ0) is 19.5. The number of benzene rings is 1. The van der Waals surface area contributed by atoms with E-state index in [1.165, 1.54) is 0 Å². The zero-order valence-corrected chi connectivity index (χ0v) is 19.9. The number of carbonyl (C=O) groups excluding carboxylic acids is 1. The Kier molecular flexibility index (Phi) is 12.9. The molecule has 154 valence electrons. The summed E-state index contributed by atoms with van der Waals surface area (Å²) < 4.78 is 5.58. The highest BCUT2D eigenvalue weighted by atomic mass is 127. The van der Waals surface area contributed by atoms with Crippen molar-refractivity contribution in [1.29, 1.82) is 0 Å². The van der Waals surface area contributed by atoms with Crippen LogP contribution in [0.5, 0.6) is 5.75 Å². The quantitative estimate of drug-likeness (QED) is 0.328. The lowest BCUT2D eigenvalue weighted by Crippen LogP contribution is -2.45. The number of guanidine groups is 1. The number of aryl methyl sites for hydroxylation is 1. The third-order valence-corrected chi connectivity index (χ3v) is 4.14. The first-order valence-electron chi connectivity index (χ1n) is 9.46. The molecule has 0 saturated heterocycles. The van der Waals surface area contributed by atoms with Crippen molar-refractivity contribution >= 4 is 35.8 Å². The van der Waals surface area contributed by atoms with E-state index in [1.807, 2.05) is 63.6 Å². The van der Waals surface area contributed by atoms with Gasteiger partial charge in [-0.2, -0.15) is 0 Å². The van der Waals surface area contributed by atoms with Crippen molar-refractivity contribution in [2.75, 3.05) is 39.8 Å². The van der Waals surface area contributed by atoms with Gasteiger partial charge < -0.3 is 19.9 Å². The minimum absolute atomic E-state index is 0. The highest BCUT2D eigenvalue weighted by Crippen LogP contribution is 2.19. The Labute approximate surface area is 181 Å². The maximum Gasteiger partial charge on any atom is 0.242 e. The van der Waals surface area contributed by atoms with Crippen molar-refractivity contribution in [3.63, 3.8) is 0 Å². The van der Waals surface area contributed by atoms with Crippen molar-refractivity contribution in [2.45, 2.75) is 41.2 Å². The van der Waals surface area contributed by atoms with Crippen LogP contribution >= 0.6 is 24.0 Å². The summed E-state index contributed by atoms with van der Waals surface area (Å²) in [5, 5.41) is 3.26. The number of halogens is 1. The summed E-state index contributed by atoms with van der Waals surface area (Å²) in [4.78, 5) is 20.7. The summed E-state index contributed by atoms with van der Waals surface area (Å²) in [6.45, 7) is 13.8. The van der Waals surface area contributed by atoms with E-state index < -0.39 is 0 Å². The highest BCUT2D eigenvalue weighted by molar-refractivity contribution is 14.0. The number of carbonyl (C=O) groups is 1. The van der Waals surface area contributed by atoms with E-state index in [2.05, 4.69) is 16.4 Å². The van der Waals surface area contributed by atoms with Crippen LogP contribution in [0.2, 0.25) is 0 Å². The SMILES string of the molecule is CCNC(=NCc1ccc(OCC)c(C)c1)N(C)CC(=O)N(CC)CC.I. The van der Waals surface area contributed by atoms with Crippen LogP contribution in [0.15, 0.2) is 23.2 Å². The van der Waals surface area contributed by atoms with E-state index >= 15 is 0 Å². The van der Waals surface area contributed by atoms with Gasteiger partial charge in [0.1, 0.15) is 5.75 Å². The molecule has 0 heterocycles. The van der Waals surface area contributed by atoms with Gasteiger partial charge in [0.15, 0.2) is 5.96 Å². The number of hydrogen-bond acceptors (Lipinski definition) is 3. The van der Waals surface area contributed by atoms with Crippen molar-refractivity contribution in [2.24, 2.45) is 4.99 Å². The molecule has 7 heteroatoms. The molecule has 1 N–H and O–H groups in total. The van der Waals surface area contributed by atoms with E-state index in [-0.39, 0.29) is 29.9 Å². The zero-order valence-electron chi connectivity index (χ0n) is 17.5. The summed E-state index contributed by atoms with van der Waals surface area (Å²) in [5.74, 6) is 1.76. The Morgan fingerprint density at radius 2 is 1.85 bits per heavy atom. The average molecular weight is 490 g/mol. The predicted octanol–water partition coefficient (Wildman–Crippen LogP) is 3.28. The van der Waals surface area contributed by atoms with Crippen LogP contribution < -0.4 is 10.1 Å². The van der Waals surface area contributed by atoms with Gasteiger partial charge in [0.05, 0.1) is 19.7 Å². The van der Waals surface area contributed by atoms with E-state index in [9.17, 15) is 4.79 Å². The molecule has 1 aromatic rings. The number of likely N-dealkylation sites (N-methyl/N-ethyl adjacent to an activating group) is 2. The summed E-state index contributed by atoms with van der Waals surface area (Å²) in [6, 6.07) is 6.12. The molecule has 1 rings (SSSR count). The van der Waals surface area contributed by atoms with Crippen LogP contribution in [0.25, 0.3) is 0 Å². The number of amides is 1. The second kappa shape index (κ2) is 13.6. The molecule has 1 aromatic carbocycles. The van der Waals surface area contributed by atoms with E-state index in [1.54, 1.807) is 0 Å². The minimum Gasteiger partial charge on any atom is -0.494 e. The van der Waals surface area contributed by atoms with Crippen molar-refractivity contribution in [3.8, 4) is 5.75 Å². The maximum absolute atomic E-state index is 12.3. The predicted molar refractivity (Wildman–Crippen MR) is 123 cm³/mol. The van der Waals surface area contributed by atoms with Crippen LogP contribution in [0.3, 0.4) is 0 Å². The van der Waals surface area contributed by atoms with Gasteiger partial charge in [-0.3, -0.25) is 4.79 Å². The number of nitrogens with zero attached hydrogens (tertiary/aromatic N) is 3. The molecule has 27 heavy (non-hydrogen) atoms. The molecule has 6 nitrogen and oxygen atoms in total. The van der Waals surface area contributed by atoms with Gasteiger partial charge >= 0.3 is 0 Å². The third-order valence-electron chi connectivity index (χ3n) is 4.14. The van der Waals surface area contributed by atoms with Crippen LogP contribution in [0.4, 0.5) is 0 Å². The fraction of sp³-hybridized carbons (Fsp3) is 0.600. The molecule has 0 unspecified atom stereocenters. The van der Waals surface area contributed by atoms with Crippen LogP contribution in [-0.4, -0.2) is 61.5 Å². The molecule has 0 aliphatic carbocycles. The first kappa shape index (κ1) is 25.5. The Morgan fingerprint density at radius 3 is 2.37 bits per heavy atom. The Morgan fingerprint density at radius 1 is 1.19 bits per heavy atom.